The van der Waals surface area contributed by atoms with Gasteiger partial charge in [-0.3, -0.25) is 9.36 Å². The number of amides is 1. The highest BCUT2D eigenvalue weighted by atomic mass is 32.2. The van der Waals surface area contributed by atoms with E-state index in [4.69, 9.17) is 9.47 Å². The standard InChI is InChI=1S/C28H21FN4O3S2/c29-21-4-1-2-5-22(21)33-26(25-6-3-13-37-25)31-32-28(33)38-16-18-7-10-20(11-8-18)27(34)30-15-19-9-12-23-24(14-19)36-17-35-23/h1-14H,15-17H2,(H,30,34). The summed E-state index contributed by atoms with van der Waals surface area (Å²) in [6.45, 7) is 0.596. The van der Waals surface area contributed by atoms with E-state index in [0.717, 1.165) is 16.0 Å². The fraction of sp³-hybridized carbons (Fsp3) is 0.107. The molecule has 5 aromatic rings. The third-order valence-corrected chi connectivity index (χ3v) is 7.81. The number of rotatable bonds is 8. The summed E-state index contributed by atoms with van der Waals surface area (Å²) in [6, 6.07) is 23.5. The summed E-state index contributed by atoms with van der Waals surface area (Å²) < 4.78 is 27.2. The summed E-state index contributed by atoms with van der Waals surface area (Å²) >= 11 is 2.98. The van der Waals surface area contributed by atoms with Gasteiger partial charge in [-0.1, -0.05) is 48.2 Å². The van der Waals surface area contributed by atoms with Crippen molar-refractivity contribution in [3.63, 3.8) is 0 Å². The molecule has 0 radical (unpaired) electrons. The molecule has 0 saturated heterocycles. The van der Waals surface area contributed by atoms with Crippen LogP contribution in [-0.4, -0.2) is 27.5 Å². The van der Waals surface area contributed by atoms with E-state index >= 15 is 0 Å². The van der Waals surface area contributed by atoms with E-state index in [2.05, 4.69) is 15.5 Å². The van der Waals surface area contributed by atoms with Gasteiger partial charge in [-0.05, 0) is 59.0 Å². The summed E-state index contributed by atoms with van der Waals surface area (Å²) in [5.41, 5.74) is 2.89. The molecule has 0 saturated carbocycles. The van der Waals surface area contributed by atoms with Crippen LogP contribution >= 0.6 is 23.1 Å². The van der Waals surface area contributed by atoms with Crippen LogP contribution < -0.4 is 14.8 Å². The fourth-order valence-electron chi connectivity index (χ4n) is 4.01. The van der Waals surface area contributed by atoms with Crippen LogP contribution in [0.2, 0.25) is 0 Å². The van der Waals surface area contributed by atoms with Gasteiger partial charge < -0.3 is 14.8 Å². The van der Waals surface area contributed by atoms with Crippen molar-refractivity contribution in [1.82, 2.24) is 20.1 Å². The van der Waals surface area contributed by atoms with Gasteiger partial charge in [0.05, 0.1) is 10.6 Å². The number of thiophene rings is 1. The molecule has 7 nitrogen and oxygen atoms in total. The average Bonchev–Trinajstić information content (AvgIpc) is 3.72. The van der Waals surface area contributed by atoms with Gasteiger partial charge in [-0.2, -0.15) is 0 Å². The molecule has 190 valence electrons. The topological polar surface area (TPSA) is 78.3 Å². The quantitative estimate of drug-likeness (QED) is 0.238. The third-order valence-electron chi connectivity index (χ3n) is 5.94. The lowest BCUT2D eigenvalue weighted by atomic mass is 10.1. The van der Waals surface area contributed by atoms with Crippen LogP contribution in [0.1, 0.15) is 21.5 Å². The Morgan fingerprint density at radius 2 is 1.79 bits per heavy atom. The number of hydrogen-bond donors (Lipinski definition) is 1. The highest BCUT2D eigenvalue weighted by Gasteiger charge is 2.19. The lowest BCUT2D eigenvalue weighted by Gasteiger charge is -2.11. The number of carbonyl (C=O) groups is 1. The number of ether oxygens (including phenoxy) is 2. The van der Waals surface area contributed by atoms with Crippen molar-refractivity contribution in [2.75, 3.05) is 6.79 Å². The van der Waals surface area contributed by atoms with E-state index in [0.29, 0.717) is 46.0 Å². The van der Waals surface area contributed by atoms with Crippen molar-refractivity contribution in [3.8, 4) is 27.9 Å². The second kappa shape index (κ2) is 10.7. The number of halogens is 1. The van der Waals surface area contributed by atoms with E-state index in [9.17, 15) is 9.18 Å². The summed E-state index contributed by atoms with van der Waals surface area (Å²) in [6.07, 6.45) is 0. The van der Waals surface area contributed by atoms with Gasteiger partial charge in [0.15, 0.2) is 22.5 Å². The van der Waals surface area contributed by atoms with Gasteiger partial charge in [0, 0.05) is 17.9 Å². The van der Waals surface area contributed by atoms with Gasteiger partial charge in [0.2, 0.25) is 6.79 Å². The van der Waals surface area contributed by atoms with Crippen molar-refractivity contribution in [1.29, 1.82) is 0 Å². The Labute approximate surface area is 226 Å². The molecular formula is C28H21FN4O3S2. The van der Waals surface area contributed by atoms with Crippen LogP contribution in [0.25, 0.3) is 16.4 Å². The zero-order valence-electron chi connectivity index (χ0n) is 20.0. The second-order valence-corrected chi connectivity index (χ2v) is 10.3. The minimum absolute atomic E-state index is 0.165. The summed E-state index contributed by atoms with van der Waals surface area (Å²) in [5.74, 6) is 2.07. The van der Waals surface area contributed by atoms with Gasteiger partial charge in [0.25, 0.3) is 5.91 Å². The van der Waals surface area contributed by atoms with Crippen LogP contribution in [0.3, 0.4) is 0 Å². The minimum Gasteiger partial charge on any atom is -0.454 e. The molecule has 6 rings (SSSR count). The molecule has 1 amide bonds. The highest BCUT2D eigenvalue weighted by Crippen LogP contribution is 2.33. The number of thioether (sulfide) groups is 1. The van der Waals surface area contributed by atoms with Gasteiger partial charge >= 0.3 is 0 Å². The number of fused-ring (bicyclic) bond motifs is 1. The Hall–Kier alpha value is -4.15. The summed E-state index contributed by atoms with van der Waals surface area (Å²) in [4.78, 5) is 13.6. The van der Waals surface area contributed by atoms with Crippen molar-refractivity contribution < 1.29 is 18.7 Å². The molecule has 1 aliphatic rings. The Balaban J connectivity index is 1.13. The lowest BCUT2D eigenvalue weighted by molar-refractivity contribution is 0.0951. The molecule has 0 bridgehead atoms. The largest absolute Gasteiger partial charge is 0.454 e. The van der Waals surface area contributed by atoms with E-state index < -0.39 is 0 Å². The number of hydrogen-bond acceptors (Lipinski definition) is 7. The maximum atomic E-state index is 14.7. The molecule has 38 heavy (non-hydrogen) atoms. The fourth-order valence-corrected chi connectivity index (χ4v) is 5.61. The van der Waals surface area contributed by atoms with E-state index in [-0.39, 0.29) is 18.5 Å². The number of nitrogens with one attached hydrogen (secondary N) is 1. The molecule has 1 aliphatic heterocycles. The average molecular weight is 545 g/mol. The molecule has 0 aliphatic carbocycles. The van der Waals surface area contributed by atoms with E-state index in [1.54, 1.807) is 34.9 Å². The zero-order chi connectivity index (χ0) is 25.9. The number of nitrogens with zero attached hydrogens (tertiary/aromatic N) is 3. The monoisotopic (exact) mass is 544 g/mol. The Bertz CT molecular complexity index is 1590. The highest BCUT2D eigenvalue weighted by molar-refractivity contribution is 7.98. The number of carbonyl (C=O) groups excluding carboxylic acids is 1. The SMILES string of the molecule is O=C(NCc1ccc2c(c1)OCO2)c1ccc(CSc2nnc(-c3cccs3)n2-c2ccccc2F)cc1. The van der Waals surface area contributed by atoms with Crippen LogP contribution in [0.4, 0.5) is 4.39 Å². The lowest BCUT2D eigenvalue weighted by Crippen LogP contribution is -2.22. The van der Waals surface area contributed by atoms with Crippen molar-refractivity contribution in [2.45, 2.75) is 17.5 Å². The first kappa shape index (κ1) is 24.2. The minimum atomic E-state index is -0.344. The van der Waals surface area contributed by atoms with E-state index in [1.165, 1.54) is 29.2 Å². The predicted octanol–water partition coefficient (Wildman–Crippen LogP) is 6.09. The van der Waals surface area contributed by atoms with Crippen LogP contribution in [0.15, 0.2) is 89.4 Å². The smallest absolute Gasteiger partial charge is 0.251 e. The molecule has 10 heteroatoms. The Morgan fingerprint density at radius 3 is 2.61 bits per heavy atom. The van der Waals surface area contributed by atoms with Crippen LogP contribution in [0.5, 0.6) is 11.5 Å². The Kier molecular flexibility index (Phi) is 6.80. The number of para-hydroxylation sites is 1. The van der Waals surface area contributed by atoms with Crippen molar-refractivity contribution in [2.24, 2.45) is 0 Å². The molecule has 2 aromatic heterocycles. The first-order valence-electron chi connectivity index (χ1n) is 11.8. The van der Waals surface area contributed by atoms with Crippen molar-refractivity contribution >= 4 is 29.0 Å². The van der Waals surface area contributed by atoms with Crippen LogP contribution in [0, 0.1) is 5.82 Å². The zero-order valence-corrected chi connectivity index (χ0v) is 21.6. The number of aromatic nitrogens is 3. The predicted molar refractivity (Wildman–Crippen MR) is 144 cm³/mol. The van der Waals surface area contributed by atoms with Gasteiger partial charge in [0.1, 0.15) is 5.82 Å². The first-order chi connectivity index (χ1) is 18.7. The Morgan fingerprint density at radius 1 is 0.974 bits per heavy atom. The second-order valence-electron chi connectivity index (χ2n) is 8.43. The summed E-state index contributed by atoms with van der Waals surface area (Å²) in [5, 5.41) is 14.2. The molecule has 3 heterocycles. The molecular weight excluding hydrogens is 523 g/mol. The first-order valence-corrected chi connectivity index (χ1v) is 13.6. The normalized spacial score (nSPS) is 12.0. The third kappa shape index (κ3) is 5.00. The molecule has 0 atom stereocenters. The molecule has 3 aromatic carbocycles. The van der Waals surface area contributed by atoms with Crippen molar-refractivity contribution in [3.05, 3.63) is 107 Å². The summed E-state index contributed by atoms with van der Waals surface area (Å²) in [7, 11) is 0. The molecule has 0 spiro atoms. The van der Waals surface area contributed by atoms with Gasteiger partial charge in [-0.25, -0.2) is 4.39 Å². The molecule has 0 unspecified atom stereocenters. The molecule has 0 fully saturated rings. The maximum absolute atomic E-state index is 14.7. The van der Waals surface area contributed by atoms with E-state index in [1.807, 2.05) is 47.8 Å². The molecule has 1 N–H and O–H groups in total. The van der Waals surface area contributed by atoms with Crippen LogP contribution in [-0.2, 0) is 12.3 Å². The maximum Gasteiger partial charge on any atom is 0.251 e. The number of benzene rings is 3. The van der Waals surface area contributed by atoms with Gasteiger partial charge in [-0.15, -0.1) is 21.5 Å².